The van der Waals surface area contributed by atoms with E-state index in [-0.39, 0.29) is 0 Å². The molecule has 0 saturated heterocycles. The first kappa shape index (κ1) is 9.71. The molecule has 1 N–H and O–H groups in total. The van der Waals surface area contributed by atoms with Crippen LogP contribution in [0.15, 0.2) is 12.3 Å². The van der Waals surface area contributed by atoms with Crippen molar-refractivity contribution >= 4 is 0 Å². The topological polar surface area (TPSA) is 38.0 Å². The van der Waals surface area contributed by atoms with E-state index in [9.17, 15) is 5.11 Å². The van der Waals surface area contributed by atoms with Gasteiger partial charge in [-0.2, -0.15) is 5.10 Å². The Labute approximate surface area is 84.7 Å². The van der Waals surface area contributed by atoms with E-state index in [0.717, 1.165) is 31.5 Å². The minimum atomic E-state index is -0.420. The molecule has 0 aliphatic heterocycles. The molecule has 2 rings (SSSR count). The quantitative estimate of drug-likeness (QED) is 0.790. The summed E-state index contributed by atoms with van der Waals surface area (Å²) in [5.41, 5.74) is 0.599. The van der Waals surface area contributed by atoms with Gasteiger partial charge in [-0.25, -0.2) is 0 Å². The number of rotatable bonds is 4. The molecule has 1 aliphatic rings. The Morgan fingerprint density at radius 1 is 1.57 bits per heavy atom. The van der Waals surface area contributed by atoms with Crippen LogP contribution in [-0.4, -0.2) is 20.5 Å². The van der Waals surface area contributed by atoms with E-state index >= 15 is 0 Å². The summed E-state index contributed by atoms with van der Waals surface area (Å²) in [5, 5.41) is 14.2. The average molecular weight is 194 g/mol. The van der Waals surface area contributed by atoms with Gasteiger partial charge in [-0.1, -0.05) is 13.8 Å². The Hall–Kier alpha value is -0.830. The van der Waals surface area contributed by atoms with Gasteiger partial charge in [0.05, 0.1) is 11.3 Å². The summed E-state index contributed by atoms with van der Waals surface area (Å²) < 4.78 is 1.96. The minimum Gasteiger partial charge on any atom is -0.389 e. The van der Waals surface area contributed by atoms with Crippen LogP contribution in [0.4, 0.5) is 0 Å². The van der Waals surface area contributed by atoms with E-state index < -0.39 is 5.60 Å². The predicted molar refractivity (Wildman–Crippen MR) is 55.0 cm³/mol. The summed E-state index contributed by atoms with van der Waals surface area (Å²) in [4.78, 5) is 0. The molecular weight excluding hydrogens is 176 g/mol. The van der Waals surface area contributed by atoms with Crippen molar-refractivity contribution in [2.75, 3.05) is 0 Å². The van der Waals surface area contributed by atoms with Crippen LogP contribution in [0.5, 0.6) is 0 Å². The lowest BCUT2D eigenvalue weighted by atomic mass is 10.2. The summed E-state index contributed by atoms with van der Waals surface area (Å²) in [7, 11) is 0. The Morgan fingerprint density at radius 3 is 2.86 bits per heavy atom. The van der Waals surface area contributed by atoms with Crippen molar-refractivity contribution in [2.24, 2.45) is 5.92 Å². The summed E-state index contributed by atoms with van der Waals surface area (Å²) in [6.07, 6.45) is 4.59. The number of aromatic nitrogens is 2. The normalized spacial score (nSPS) is 18.9. The van der Waals surface area contributed by atoms with E-state index in [1.165, 1.54) is 0 Å². The van der Waals surface area contributed by atoms with Crippen molar-refractivity contribution in [1.29, 1.82) is 0 Å². The molecule has 1 heterocycles. The second-order valence-electron chi connectivity index (χ2n) is 4.82. The molecular formula is C11H18N2O. The van der Waals surface area contributed by atoms with Gasteiger partial charge in [0.15, 0.2) is 0 Å². The van der Waals surface area contributed by atoms with Gasteiger partial charge in [-0.3, -0.25) is 4.68 Å². The Kier molecular flexibility index (Phi) is 2.35. The van der Waals surface area contributed by atoms with E-state index in [4.69, 9.17) is 0 Å². The third kappa shape index (κ3) is 2.35. The number of aliphatic hydroxyl groups is 1. The number of hydrogen-bond donors (Lipinski definition) is 1. The lowest BCUT2D eigenvalue weighted by Crippen LogP contribution is -2.12. The molecule has 1 aliphatic carbocycles. The highest BCUT2D eigenvalue weighted by atomic mass is 16.3. The molecule has 1 saturated carbocycles. The smallest absolute Gasteiger partial charge is 0.0705 e. The van der Waals surface area contributed by atoms with Crippen molar-refractivity contribution in [3.05, 3.63) is 18.0 Å². The van der Waals surface area contributed by atoms with E-state index in [1.807, 2.05) is 16.9 Å². The monoisotopic (exact) mass is 194 g/mol. The van der Waals surface area contributed by atoms with Gasteiger partial charge in [0.2, 0.25) is 0 Å². The van der Waals surface area contributed by atoms with Crippen LogP contribution in [0.3, 0.4) is 0 Å². The van der Waals surface area contributed by atoms with Gasteiger partial charge in [0.1, 0.15) is 0 Å². The zero-order valence-electron chi connectivity index (χ0n) is 8.90. The molecule has 1 aromatic heterocycles. The molecule has 0 aromatic carbocycles. The minimum absolute atomic E-state index is 0.420. The van der Waals surface area contributed by atoms with Gasteiger partial charge in [-0.15, -0.1) is 0 Å². The third-order valence-electron chi connectivity index (χ3n) is 2.59. The zero-order valence-corrected chi connectivity index (χ0v) is 8.90. The first-order valence-electron chi connectivity index (χ1n) is 5.32. The molecule has 78 valence electrons. The van der Waals surface area contributed by atoms with Crippen LogP contribution in [0.25, 0.3) is 0 Å². The highest BCUT2D eigenvalue weighted by Crippen LogP contribution is 2.37. The lowest BCUT2D eigenvalue weighted by Gasteiger charge is -2.05. The SMILES string of the molecule is CC(C)Cn1ccc(CC2(O)CC2)n1. The van der Waals surface area contributed by atoms with Gasteiger partial charge in [0.25, 0.3) is 0 Å². The second kappa shape index (κ2) is 3.39. The van der Waals surface area contributed by atoms with E-state index in [1.54, 1.807) is 0 Å². The van der Waals surface area contributed by atoms with Crippen LogP contribution in [0, 0.1) is 5.92 Å². The highest BCUT2D eigenvalue weighted by Gasteiger charge is 2.40. The summed E-state index contributed by atoms with van der Waals surface area (Å²) in [6.45, 7) is 5.31. The van der Waals surface area contributed by atoms with Crippen molar-refractivity contribution in [3.63, 3.8) is 0 Å². The second-order valence-corrected chi connectivity index (χ2v) is 4.82. The van der Waals surface area contributed by atoms with Crippen LogP contribution >= 0.6 is 0 Å². The molecule has 0 spiro atoms. The molecule has 0 amide bonds. The van der Waals surface area contributed by atoms with Crippen molar-refractivity contribution < 1.29 is 5.11 Å². The largest absolute Gasteiger partial charge is 0.389 e. The van der Waals surface area contributed by atoms with Gasteiger partial charge in [-0.05, 0) is 24.8 Å². The van der Waals surface area contributed by atoms with Crippen molar-refractivity contribution in [2.45, 2.75) is 45.3 Å². The molecule has 0 bridgehead atoms. The Morgan fingerprint density at radius 2 is 2.29 bits per heavy atom. The average Bonchev–Trinajstić information content (AvgIpc) is 2.61. The maximum atomic E-state index is 9.72. The fraction of sp³-hybridized carbons (Fsp3) is 0.727. The predicted octanol–water partition coefficient (Wildman–Crippen LogP) is 1.61. The van der Waals surface area contributed by atoms with Gasteiger partial charge in [0, 0.05) is 19.2 Å². The molecule has 1 aromatic rings. The van der Waals surface area contributed by atoms with Gasteiger partial charge >= 0.3 is 0 Å². The van der Waals surface area contributed by atoms with Crippen LogP contribution < -0.4 is 0 Å². The number of hydrogen-bond acceptors (Lipinski definition) is 2. The fourth-order valence-electron chi connectivity index (χ4n) is 1.63. The van der Waals surface area contributed by atoms with Gasteiger partial charge < -0.3 is 5.11 Å². The molecule has 3 nitrogen and oxygen atoms in total. The van der Waals surface area contributed by atoms with Crippen LogP contribution in [-0.2, 0) is 13.0 Å². The zero-order chi connectivity index (χ0) is 10.2. The Bertz CT molecular complexity index is 313. The van der Waals surface area contributed by atoms with E-state index in [0.29, 0.717) is 5.92 Å². The molecule has 0 atom stereocenters. The van der Waals surface area contributed by atoms with Crippen molar-refractivity contribution in [1.82, 2.24) is 9.78 Å². The van der Waals surface area contributed by atoms with E-state index in [2.05, 4.69) is 18.9 Å². The lowest BCUT2D eigenvalue weighted by molar-refractivity contribution is 0.149. The highest BCUT2D eigenvalue weighted by molar-refractivity contribution is 5.08. The third-order valence-corrected chi connectivity index (χ3v) is 2.59. The molecule has 1 fully saturated rings. The standard InChI is InChI=1S/C11H18N2O/c1-9(2)8-13-6-3-10(12-13)7-11(14)4-5-11/h3,6,9,14H,4-5,7-8H2,1-2H3. The van der Waals surface area contributed by atoms with Crippen molar-refractivity contribution in [3.8, 4) is 0 Å². The van der Waals surface area contributed by atoms with Crippen LogP contribution in [0.2, 0.25) is 0 Å². The summed E-state index contributed by atoms with van der Waals surface area (Å²) in [5.74, 6) is 0.617. The molecule has 0 unspecified atom stereocenters. The summed E-state index contributed by atoms with van der Waals surface area (Å²) in [6, 6.07) is 2.01. The Balaban J connectivity index is 1.95. The maximum Gasteiger partial charge on any atom is 0.0705 e. The first-order valence-corrected chi connectivity index (χ1v) is 5.32. The fourth-order valence-corrected chi connectivity index (χ4v) is 1.63. The molecule has 14 heavy (non-hydrogen) atoms. The van der Waals surface area contributed by atoms with Crippen LogP contribution in [0.1, 0.15) is 32.4 Å². The number of nitrogens with zero attached hydrogens (tertiary/aromatic N) is 2. The molecule has 0 radical (unpaired) electrons. The maximum absolute atomic E-state index is 9.72. The first-order chi connectivity index (χ1) is 6.57. The summed E-state index contributed by atoms with van der Waals surface area (Å²) >= 11 is 0. The molecule has 3 heteroatoms.